The summed E-state index contributed by atoms with van der Waals surface area (Å²) in [5, 5.41) is 3.63. The predicted molar refractivity (Wildman–Crippen MR) is 84.9 cm³/mol. The maximum absolute atomic E-state index is 5.45. The lowest BCUT2D eigenvalue weighted by molar-refractivity contribution is 0.174. The van der Waals surface area contributed by atoms with Crippen LogP contribution in [-0.4, -0.2) is 13.9 Å². The van der Waals surface area contributed by atoms with Crippen molar-refractivity contribution < 1.29 is 14.2 Å². The fourth-order valence-electron chi connectivity index (χ4n) is 3.26. The highest BCUT2D eigenvalue weighted by atomic mass is 16.7. The highest BCUT2D eigenvalue weighted by molar-refractivity contribution is 5.57. The molecule has 2 aromatic carbocycles. The van der Waals surface area contributed by atoms with Gasteiger partial charge in [-0.3, -0.25) is 0 Å². The summed E-state index contributed by atoms with van der Waals surface area (Å²) in [6, 6.07) is 12.7. The van der Waals surface area contributed by atoms with Crippen molar-refractivity contribution in [3.8, 4) is 17.2 Å². The molecule has 2 aliphatic rings. The Kier molecular flexibility index (Phi) is 3.29. The Morgan fingerprint density at radius 1 is 1.09 bits per heavy atom. The second-order valence-electron chi connectivity index (χ2n) is 5.72. The summed E-state index contributed by atoms with van der Waals surface area (Å²) in [5.74, 6) is 2.57. The summed E-state index contributed by atoms with van der Waals surface area (Å²) in [6.45, 7) is 0.310. The van der Waals surface area contributed by atoms with Gasteiger partial charge in [0.2, 0.25) is 6.79 Å². The number of aryl methyl sites for hydroxylation is 1. The van der Waals surface area contributed by atoms with Gasteiger partial charge in [0.05, 0.1) is 13.2 Å². The van der Waals surface area contributed by atoms with Gasteiger partial charge in [0, 0.05) is 11.8 Å². The van der Waals surface area contributed by atoms with Crippen molar-refractivity contribution in [1.29, 1.82) is 0 Å². The summed E-state index contributed by atoms with van der Waals surface area (Å²) >= 11 is 0. The fourth-order valence-corrected chi connectivity index (χ4v) is 3.26. The van der Waals surface area contributed by atoms with Crippen LogP contribution in [0.2, 0.25) is 0 Å². The minimum atomic E-state index is 0.310. The van der Waals surface area contributed by atoms with Crippen molar-refractivity contribution in [2.24, 2.45) is 0 Å². The van der Waals surface area contributed by atoms with Gasteiger partial charge >= 0.3 is 0 Å². The lowest BCUT2D eigenvalue weighted by Gasteiger charge is -2.27. The van der Waals surface area contributed by atoms with E-state index in [2.05, 4.69) is 17.4 Å². The maximum Gasteiger partial charge on any atom is 0.231 e. The number of ether oxygens (including phenoxy) is 3. The van der Waals surface area contributed by atoms with Crippen molar-refractivity contribution in [1.82, 2.24) is 0 Å². The molecule has 1 N–H and O–H groups in total. The van der Waals surface area contributed by atoms with Gasteiger partial charge in [-0.2, -0.15) is 0 Å². The van der Waals surface area contributed by atoms with Crippen molar-refractivity contribution in [2.45, 2.75) is 25.3 Å². The fraction of sp³-hybridized carbons (Fsp3) is 0.333. The number of fused-ring (bicyclic) bond motifs is 2. The lowest BCUT2D eigenvalue weighted by Crippen LogP contribution is -2.17. The zero-order chi connectivity index (χ0) is 14.9. The van der Waals surface area contributed by atoms with Crippen molar-refractivity contribution in [3.05, 3.63) is 47.5 Å². The van der Waals surface area contributed by atoms with E-state index < -0.39 is 0 Å². The average Bonchev–Trinajstić information content (AvgIpc) is 3.02. The van der Waals surface area contributed by atoms with E-state index in [1.807, 2.05) is 24.3 Å². The molecule has 0 radical (unpaired) electrons. The van der Waals surface area contributed by atoms with Crippen molar-refractivity contribution >= 4 is 5.69 Å². The molecule has 4 rings (SSSR count). The van der Waals surface area contributed by atoms with Crippen molar-refractivity contribution in [3.63, 3.8) is 0 Å². The van der Waals surface area contributed by atoms with Gasteiger partial charge in [0.15, 0.2) is 11.5 Å². The first kappa shape index (κ1) is 13.3. The topological polar surface area (TPSA) is 39.7 Å². The summed E-state index contributed by atoms with van der Waals surface area (Å²) in [7, 11) is 1.72. The molecule has 2 aromatic rings. The normalized spacial score (nSPS) is 18.7. The van der Waals surface area contributed by atoms with Crippen molar-refractivity contribution in [2.75, 3.05) is 19.2 Å². The largest absolute Gasteiger partial charge is 0.497 e. The van der Waals surface area contributed by atoms with E-state index in [0.29, 0.717) is 12.8 Å². The molecule has 22 heavy (non-hydrogen) atoms. The first-order valence-corrected chi connectivity index (χ1v) is 7.66. The van der Waals surface area contributed by atoms with Crippen LogP contribution in [0, 0.1) is 0 Å². The van der Waals surface area contributed by atoms with E-state index in [9.17, 15) is 0 Å². The Morgan fingerprint density at radius 3 is 2.91 bits per heavy atom. The molecular weight excluding hydrogens is 278 g/mol. The second kappa shape index (κ2) is 5.44. The Bertz CT molecular complexity index is 699. The summed E-state index contributed by atoms with van der Waals surface area (Å²) in [6.07, 6.45) is 3.43. The molecule has 0 amide bonds. The molecule has 0 saturated carbocycles. The van der Waals surface area contributed by atoms with Crippen LogP contribution in [-0.2, 0) is 6.42 Å². The van der Waals surface area contributed by atoms with Gasteiger partial charge in [-0.1, -0.05) is 6.07 Å². The molecule has 1 aliphatic carbocycles. The molecule has 114 valence electrons. The molecule has 0 fully saturated rings. The number of nitrogens with one attached hydrogen (secondary N) is 1. The molecular formula is C18H19NO3. The van der Waals surface area contributed by atoms with Gasteiger partial charge in [0.25, 0.3) is 0 Å². The van der Waals surface area contributed by atoms with E-state index in [0.717, 1.165) is 35.8 Å². The van der Waals surface area contributed by atoms with E-state index in [4.69, 9.17) is 14.2 Å². The molecule has 0 bridgehead atoms. The molecule has 1 aliphatic heterocycles. The second-order valence-corrected chi connectivity index (χ2v) is 5.72. The number of anilines is 1. The summed E-state index contributed by atoms with van der Waals surface area (Å²) < 4.78 is 16.1. The van der Waals surface area contributed by atoms with E-state index >= 15 is 0 Å². The first-order valence-electron chi connectivity index (χ1n) is 7.66. The summed E-state index contributed by atoms with van der Waals surface area (Å²) in [5.41, 5.74) is 3.81. The number of hydrogen-bond donors (Lipinski definition) is 1. The third-order valence-corrected chi connectivity index (χ3v) is 4.38. The molecule has 4 heteroatoms. The molecule has 1 heterocycles. The minimum Gasteiger partial charge on any atom is -0.497 e. The Labute approximate surface area is 130 Å². The third-order valence-electron chi connectivity index (χ3n) is 4.38. The standard InChI is InChI=1S/C18H19NO3/c1-20-14-6-7-15-12(9-14)3-2-4-16(15)19-13-5-8-17-18(10-13)22-11-21-17/h5-10,16,19H,2-4,11H2,1H3. The van der Waals surface area contributed by atoms with Crippen LogP contribution in [0.4, 0.5) is 5.69 Å². The van der Waals surface area contributed by atoms with Crippen LogP contribution >= 0.6 is 0 Å². The molecule has 1 atom stereocenters. The number of methoxy groups -OCH3 is 1. The van der Waals surface area contributed by atoms with Gasteiger partial charge in [-0.05, 0) is 54.7 Å². The monoisotopic (exact) mass is 297 g/mol. The first-order chi connectivity index (χ1) is 10.8. The minimum absolute atomic E-state index is 0.310. The van der Waals surface area contributed by atoms with Crippen LogP contribution in [0.5, 0.6) is 17.2 Å². The zero-order valence-corrected chi connectivity index (χ0v) is 12.6. The van der Waals surface area contributed by atoms with Crippen LogP contribution in [0.3, 0.4) is 0 Å². The van der Waals surface area contributed by atoms with Gasteiger partial charge in [-0.15, -0.1) is 0 Å². The molecule has 4 nitrogen and oxygen atoms in total. The van der Waals surface area contributed by atoms with Gasteiger partial charge < -0.3 is 19.5 Å². The molecule has 0 saturated heterocycles. The maximum atomic E-state index is 5.45. The third kappa shape index (κ3) is 2.34. The Morgan fingerprint density at radius 2 is 2.00 bits per heavy atom. The van der Waals surface area contributed by atoms with E-state index in [1.54, 1.807) is 7.11 Å². The highest BCUT2D eigenvalue weighted by Crippen LogP contribution is 2.38. The Hall–Kier alpha value is -2.36. The highest BCUT2D eigenvalue weighted by Gasteiger charge is 2.21. The lowest BCUT2D eigenvalue weighted by atomic mass is 9.87. The van der Waals surface area contributed by atoms with E-state index in [-0.39, 0.29) is 0 Å². The van der Waals surface area contributed by atoms with E-state index in [1.165, 1.54) is 17.5 Å². The van der Waals surface area contributed by atoms with Crippen LogP contribution in [0.1, 0.15) is 30.0 Å². The molecule has 0 spiro atoms. The van der Waals surface area contributed by atoms with Crippen LogP contribution in [0.15, 0.2) is 36.4 Å². The SMILES string of the molecule is COc1ccc2c(c1)CCCC2Nc1ccc2c(c1)OCO2. The zero-order valence-electron chi connectivity index (χ0n) is 12.6. The van der Waals surface area contributed by atoms with Crippen LogP contribution < -0.4 is 19.5 Å². The number of hydrogen-bond acceptors (Lipinski definition) is 4. The smallest absolute Gasteiger partial charge is 0.231 e. The predicted octanol–water partition coefficient (Wildman–Crippen LogP) is 3.91. The van der Waals surface area contributed by atoms with Gasteiger partial charge in [-0.25, -0.2) is 0 Å². The average molecular weight is 297 g/mol. The molecule has 0 aromatic heterocycles. The molecule has 1 unspecified atom stereocenters. The van der Waals surface area contributed by atoms with Gasteiger partial charge in [0.1, 0.15) is 5.75 Å². The number of rotatable bonds is 3. The Balaban J connectivity index is 1.59. The quantitative estimate of drug-likeness (QED) is 0.932. The number of benzene rings is 2. The summed E-state index contributed by atoms with van der Waals surface area (Å²) in [4.78, 5) is 0. The van der Waals surface area contributed by atoms with Crippen LogP contribution in [0.25, 0.3) is 0 Å².